The number of carbonyl (C=O) groups is 2. The molecule has 1 unspecified atom stereocenters. The van der Waals surface area contributed by atoms with Crippen molar-refractivity contribution < 1.29 is 63.1 Å². The molecular formula is C42H73O13P. The highest BCUT2D eigenvalue weighted by Crippen LogP contribution is 2.43. The topological polar surface area (TPSA) is 210 Å². The highest BCUT2D eigenvalue weighted by molar-refractivity contribution is 7.47. The van der Waals surface area contributed by atoms with E-state index in [2.05, 4.69) is 42.7 Å². The average Bonchev–Trinajstić information content (AvgIpc) is 3.44. The van der Waals surface area contributed by atoms with Crippen molar-refractivity contribution in [2.24, 2.45) is 11.8 Å². The molecule has 324 valence electrons. The zero-order valence-electron chi connectivity index (χ0n) is 33.9. The first-order chi connectivity index (χ1) is 26.9. The van der Waals surface area contributed by atoms with E-state index in [-0.39, 0.29) is 31.1 Å². The van der Waals surface area contributed by atoms with Crippen molar-refractivity contribution in [1.82, 2.24) is 0 Å². The number of rotatable bonds is 34. The summed E-state index contributed by atoms with van der Waals surface area (Å²) in [6.07, 6.45) is 26.3. The van der Waals surface area contributed by atoms with Crippen LogP contribution in [-0.2, 0) is 32.7 Å². The molecule has 1 aliphatic rings. The molecule has 6 N–H and O–H groups in total. The summed E-state index contributed by atoms with van der Waals surface area (Å²) in [6.45, 7) is 1.83. The third-order valence-electron chi connectivity index (χ3n) is 9.56. The molecule has 0 aromatic carbocycles. The summed E-state index contributed by atoms with van der Waals surface area (Å²) in [5.41, 5.74) is 0. The average molecular weight is 817 g/mol. The Morgan fingerprint density at radius 3 is 2.11 bits per heavy atom. The standard InChI is InChI=1S/C42H73O13P/c1-3-5-7-8-9-10-11-12-13-14-15-16-17-18-20-25-41(48)52-32-36(33-54-56(50,51)53-31-35(45)30-43)55-42(49)26-22-21-24-37-38(40(47)29-39(37)46)28-27-34(44)23-19-6-4-2/h9-10,12-13,21-22,27-28,34-40,43-47H,3-8,11,14-20,23-26,29-33H2,1-2H3,(H,50,51)/b10-9-,13-12-,22-21-,28-27+/t34-,35+,36-,37+,38-,39+,40-/m1/s1. The fourth-order valence-corrected chi connectivity index (χ4v) is 7.02. The van der Waals surface area contributed by atoms with Gasteiger partial charge in [0.05, 0.1) is 44.6 Å². The van der Waals surface area contributed by atoms with E-state index in [1.807, 2.05) is 0 Å². The van der Waals surface area contributed by atoms with E-state index in [0.717, 1.165) is 64.2 Å². The van der Waals surface area contributed by atoms with Crippen LogP contribution in [0.2, 0.25) is 0 Å². The molecule has 1 saturated carbocycles. The van der Waals surface area contributed by atoms with E-state index < -0.39 is 76.7 Å². The number of ether oxygens (including phenoxy) is 2. The number of hydrogen-bond acceptors (Lipinski definition) is 12. The fraction of sp³-hybridized carbons (Fsp3) is 0.762. The van der Waals surface area contributed by atoms with Gasteiger partial charge >= 0.3 is 19.8 Å². The van der Waals surface area contributed by atoms with Gasteiger partial charge in [0.1, 0.15) is 12.7 Å². The number of allylic oxidation sites excluding steroid dienone is 5. The number of aliphatic hydroxyl groups is 5. The molecule has 13 nitrogen and oxygen atoms in total. The maximum Gasteiger partial charge on any atom is 0.472 e. The third kappa shape index (κ3) is 26.7. The molecule has 0 spiro atoms. The van der Waals surface area contributed by atoms with E-state index in [0.29, 0.717) is 19.3 Å². The molecule has 1 rings (SSSR count). The van der Waals surface area contributed by atoms with E-state index in [1.165, 1.54) is 19.3 Å². The quantitative estimate of drug-likeness (QED) is 0.0169. The molecule has 0 amide bonds. The summed E-state index contributed by atoms with van der Waals surface area (Å²) >= 11 is 0. The van der Waals surface area contributed by atoms with Gasteiger partial charge in [0.15, 0.2) is 6.10 Å². The molecule has 56 heavy (non-hydrogen) atoms. The van der Waals surface area contributed by atoms with Crippen LogP contribution >= 0.6 is 7.82 Å². The maximum atomic E-state index is 12.7. The first-order valence-corrected chi connectivity index (χ1v) is 22.3. The number of esters is 2. The molecule has 0 saturated heterocycles. The normalized spacial score (nSPS) is 21.6. The predicted molar refractivity (Wildman–Crippen MR) is 216 cm³/mol. The van der Waals surface area contributed by atoms with Crippen molar-refractivity contribution in [2.75, 3.05) is 26.4 Å². The second-order valence-corrected chi connectivity index (χ2v) is 16.1. The largest absolute Gasteiger partial charge is 0.472 e. The number of aliphatic hydroxyl groups excluding tert-OH is 5. The Hall–Kier alpha value is -2.19. The molecule has 14 heteroatoms. The summed E-state index contributed by atoms with van der Waals surface area (Å²) in [5, 5.41) is 49.7. The Balaban J connectivity index is 2.57. The van der Waals surface area contributed by atoms with Gasteiger partial charge in [-0.15, -0.1) is 0 Å². The van der Waals surface area contributed by atoms with Crippen molar-refractivity contribution in [1.29, 1.82) is 0 Å². The second kappa shape index (κ2) is 32.7. The molecule has 0 aromatic rings. The van der Waals surface area contributed by atoms with E-state index >= 15 is 0 Å². The van der Waals surface area contributed by atoms with Crippen LogP contribution in [0, 0.1) is 11.8 Å². The van der Waals surface area contributed by atoms with Crippen LogP contribution in [0.25, 0.3) is 0 Å². The SMILES string of the molecule is CCCCC/C=C\C/C=C\CCCCCCCC(=O)OC[C@H](COP(=O)(O)OC[C@@H](O)CO)OC(=O)C/C=C\C[C@H]1[C@@H](/C=C/[C@H](O)CCCCC)[C@H](O)C[C@@H]1O. The number of phosphoric acid groups is 1. The van der Waals surface area contributed by atoms with Crippen LogP contribution in [0.15, 0.2) is 48.6 Å². The minimum absolute atomic E-state index is 0.158. The van der Waals surface area contributed by atoms with Gasteiger partial charge in [-0.2, -0.15) is 0 Å². The lowest BCUT2D eigenvalue weighted by molar-refractivity contribution is -0.160. The predicted octanol–water partition coefficient (Wildman–Crippen LogP) is 6.93. The Morgan fingerprint density at radius 2 is 1.41 bits per heavy atom. The highest BCUT2D eigenvalue weighted by atomic mass is 31.2. The van der Waals surface area contributed by atoms with Crippen molar-refractivity contribution in [3.05, 3.63) is 48.6 Å². The molecular weight excluding hydrogens is 743 g/mol. The van der Waals surface area contributed by atoms with Gasteiger partial charge in [-0.3, -0.25) is 18.6 Å². The number of unbranched alkanes of at least 4 members (excludes halogenated alkanes) is 10. The van der Waals surface area contributed by atoms with Crippen molar-refractivity contribution in [2.45, 2.75) is 166 Å². The lowest BCUT2D eigenvalue weighted by atomic mass is 9.89. The molecule has 0 aliphatic heterocycles. The Labute approximate surface area is 335 Å². The molecule has 8 atom stereocenters. The lowest BCUT2D eigenvalue weighted by Crippen LogP contribution is -2.29. The monoisotopic (exact) mass is 816 g/mol. The smallest absolute Gasteiger partial charge is 0.462 e. The molecule has 0 aromatic heterocycles. The summed E-state index contributed by atoms with van der Waals surface area (Å²) in [6, 6.07) is 0. The van der Waals surface area contributed by atoms with Crippen LogP contribution in [0.4, 0.5) is 0 Å². The van der Waals surface area contributed by atoms with Crippen LogP contribution in [0.3, 0.4) is 0 Å². The Bertz CT molecular complexity index is 1190. The molecule has 1 fully saturated rings. The maximum absolute atomic E-state index is 12.7. The number of carbonyl (C=O) groups excluding carboxylic acids is 2. The zero-order chi connectivity index (χ0) is 41.4. The minimum Gasteiger partial charge on any atom is -0.462 e. The molecule has 0 heterocycles. The number of phosphoric ester groups is 1. The van der Waals surface area contributed by atoms with Crippen LogP contribution in [-0.4, -0.2) is 99.3 Å². The van der Waals surface area contributed by atoms with Gasteiger partial charge in [-0.05, 0) is 57.3 Å². The summed E-state index contributed by atoms with van der Waals surface area (Å²) < 4.78 is 32.6. The second-order valence-electron chi connectivity index (χ2n) is 14.6. The molecule has 0 radical (unpaired) electrons. The highest BCUT2D eigenvalue weighted by Gasteiger charge is 2.39. The van der Waals surface area contributed by atoms with E-state index in [9.17, 15) is 39.5 Å². The fourth-order valence-electron chi connectivity index (χ4n) is 6.23. The van der Waals surface area contributed by atoms with E-state index in [1.54, 1.807) is 24.3 Å². The van der Waals surface area contributed by atoms with E-state index in [4.69, 9.17) is 19.1 Å². The molecule has 0 bridgehead atoms. The van der Waals surface area contributed by atoms with Crippen molar-refractivity contribution in [3.63, 3.8) is 0 Å². The Kier molecular flexibility index (Phi) is 30.3. The first kappa shape index (κ1) is 51.8. The summed E-state index contributed by atoms with van der Waals surface area (Å²) in [5.74, 6) is -1.93. The zero-order valence-corrected chi connectivity index (χ0v) is 34.8. The van der Waals surface area contributed by atoms with Crippen LogP contribution < -0.4 is 0 Å². The van der Waals surface area contributed by atoms with Crippen molar-refractivity contribution in [3.8, 4) is 0 Å². The summed E-state index contributed by atoms with van der Waals surface area (Å²) in [4.78, 5) is 35.2. The minimum atomic E-state index is -4.71. The van der Waals surface area contributed by atoms with Gasteiger partial charge in [0.25, 0.3) is 0 Å². The third-order valence-corrected chi connectivity index (χ3v) is 10.5. The Morgan fingerprint density at radius 1 is 0.768 bits per heavy atom. The van der Waals surface area contributed by atoms with Crippen LogP contribution in [0.5, 0.6) is 0 Å². The van der Waals surface area contributed by atoms with Gasteiger partial charge < -0.3 is 39.9 Å². The van der Waals surface area contributed by atoms with Gasteiger partial charge in [0.2, 0.25) is 0 Å². The van der Waals surface area contributed by atoms with Crippen molar-refractivity contribution >= 4 is 19.8 Å². The number of hydrogen-bond donors (Lipinski definition) is 6. The summed E-state index contributed by atoms with van der Waals surface area (Å²) in [7, 11) is -4.71. The van der Waals surface area contributed by atoms with Crippen LogP contribution in [0.1, 0.15) is 136 Å². The molecule has 1 aliphatic carbocycles. The van der Waals surface area contributed by atoms with Gasteiger partial charge in [-0.25, -0.2) is 4.57 Å². The first-order valence-electron chi connectivity index (χ1n) is 20.9. The van der Waals surface area contributed by atoms with Gasteiger partial charge in [-0.1, -0.05) is 114 Å². The van der Waals surface area contributed by atoms with Gasteiger partial charge in [0, 0.05) is 18.8 Å². The lowest BCUT2D eigenvalue weighted by Gasteiger charge is -2.20.